The summed E-state index contributed by atoms with van der Waals surface area (Å²) in [5.74, 6) is 1.46. The standard InChI is InChI=1S/C17H19NO3S/c1-4-12-8-16(22-11(12)3)17(19)18-10(2)13-5-6-14-15(7-13)21-9-20-14/h5-8,10H,4,9H2,1-3H3,(H,18,19)/t10-/m0/s1. The van der Waals surface area contributed by atoms with E-state index in [0.29, 0.717) is 0 Å². The van der Waals surface area contributed by atoms with Gasteiger partial charge in [-0.05, 0) is 49.6 Å². The lowest BCUT2D eigenvalue weighted by atomic mass is 10.1. The quantitative estimate of drug-likeness (QED) is 0.932. The van der Waals surface area contributed by atoms with Gasteiger partial charge in [0, 0.05) is 4.88 Å². The highest BCUT2D eigenvalue weighted by molar-refractivity contribution is 7.14. The molecule has 1 aliphatic rings. The molecule has 1 aromatic carbocycles. The lowest BCUT2D eigenvalue weighted by Gasteiger charge is -2.14. The van der Waals surface area contributed by atoms with E-state index in [-0.39, 0.29) is 18.7 Å². The molecule has 116 valence electrons. The van der Waals surface area contributed by atoms with Gasteiger partial charge in [-0.3, -0.25) is 4.79 Å². The number of hydrogen-bond acceptors (Lipinski definition) is 4. The van der Waals surface area contributed by atoms with Gasteiger partial charge in [-0.2, -0.15) is 0 Å². The van der Waals surface area contributed by atoms with Crippen LogP contribution in [0.25, 0.3) is 0 Å². The number of hydrogen-bond donors (Lipinski definition) is 1. The average molecular weight is 317 g/mol. The zero-order chi connectivity index (χ0) is 15.7. The summed E-state index contributed by atoms with van der Waals surface area (Å²) in [6.07, 6.45) is 0.952. The minimum absolute atomic E-state index is 0.0297. The highest BCUT2D eigenvalue weighted by atomic mass is 32.1. The van der Waals surface area contributed by atoms with Crippen molar-refractivity contribution in [1.29, 1.82) is 0 Å². The molecular weight excluding hydrogens is 298 g/mol. The summed E-state index contributed by atoms with van der Waals surface area (Å²) in [7, 11) is 0. The van der Waals surface area contributed by atoms with Gasteiger partial charge in [0.15, 0.2) is 11.5 Å². The van der Waals surface area contributed by atoms with E-state index >= 15 is 0 Å². The Labute approximate surface area is 134 Å². The van der Waals surface area contributed by atoms with Crippen molar-refractivity contribution in [2.75, 3.05) is 6.79 Å². The van der Waals surface area contributed by atoms with Crippen molar-refractivity contribution in [3.05, 3.63) is 45.1 Å². The summed E-state index contributed by atoms with van der Waals surface area (Å²) < 4.78 is 10.7. The van der Waals surface area contributed by atoms with E-state index in [0.717, 1.165) is 28.4 Å². The van der Waals surface area contributed by atoms with Crippen LogP contribution < -0.4 is 14.8 Å². The Bertz CT molecular complexity index is 708. The Morgan fingerprint density at radius 1 is 1.32 bits per heavy atom. The van der Waals surface area contributed by atoms with Crippen LogP contribution in [0.2, 0.25) is 0 Å². The monoisotopic (exact) mass is 317 g/mol. The number of aryl methyl sites for hydroxylation is 2. The fraction of sp³-hybridized carbons (Fsp3) is 0.353. The topological polar surface area (TPSA) is 47.6 Å². The van der Waals surface area contributed by atoms with Crippen molar-refractivity contribution in [1.82, 2.24) is 5.32 Å². The van der Waals surface area contributed by atoms with Crippen LogP contribution in [0.3, 0.4) is 0 Å². The molecule has 1 aromatic heterocycles. The van der Waals surface area contributed by atoms with Crippen molar-refractivity contribution in [2.24, 2.45) is 0 Å². The summed E-state index contributed by atoms with van der Waals surface area (Å²) in [5, 5.41) is 3.04. The molecule has 0 saturated heterocycles. The van der Waals surface area contributed by atoms with E-state index in [1.165, 1.54) is 10.4 Å². The Hall–Kier alpha value is -2.01. The third kappa shape index (κ3) is 2.81. The third-order valence-corrected chi connectivity index (χ3v) is 4.96. The zero-order valence-electron chi connectivity index (χ0n) is 12.9. The molecule has 0 radical (unpaired) electrons. The van der Waals surface area contributed by atoms with Gasteiger partial charge in [0.2, 0.25) is 6.79 Å². The molecule has 2 heterocycles. The number of nitrogens with one attached hydrogen (secondary N) is 1. The van der Waals surface area contributed by atoms with Gasteiger partial charge in [0.1, 0.15) is 0 Å². The van der Waals surface area contributed by atoms with E-state index in [1.807, 2.05) is 31.2 Å². The first-order valence-corrected chi connectivity index (χ1v) is 8.20. The smallest absolute Gasteiger partial charge is 0.261 e. The van der Waals surface area contributed by atoms with Crippen molar-refractivity contribution >= 4 is 17.2 Å². The predicted octanol–water partition coefficient (Wildman–Crippen LogP) is 3.84. The van der Waals surface area contributed by atoms with Gasteiger partial charge < -0.3 is 14.8 Å². The SMILES string of the molecule is CCc1cc(C(=O)N[C@@H](C)c2ccc3c(c2)OCO3)sc1C. The zero-order valence-corrected chi connectivity index (χ0v) is 13.8. The molecular formula is C17H19NO3S. The third-order valence-electron chi connectivity index (χ3n) is 3.87. The second kappa shape index (κ2) is 6.01. The van der Waals surface area contributed by atoms with Crippen molar-refractivity contribution in [3.63, 3.8) is 0 Å². The van der Waals surface area contributed by atoms with E-state index in [4.69, 9.17) is 9.47 Å². The Morgan fingerprint density at radius 3 is 2.82 bits per heavy atom. The summed E-state index contributed by atoms with van der Waals surface area (Å²) in [6, 6.07) is 7.65. The minimum atomic E-state index is -0.0884. The van der Waals surface area contributed by atoms with Crippen LogP contribution in [-0.2, 0) is 6.42 Å². The average Bonchev–Trinajstić information content (AvgIpc) is 3.12. The Balaban J connectivity index is 1.73. The van der Waals surface area contributed by atoms with Crippen LogP contribution in [0.4, 0.5) is 0 Å². The molecule has 2 aromatic rings. The molecule has 22 heavy (non-hydrogen) atoms. The highest BCUT2D eigenvalue weighted by Crippen LogP contribution is 2.34. The summed E-state index contributed by atoms with van der Waals surface area (Å²) in [4.78, 5) is 14.4. The number of amides is 1. The summed E-state index contributed by atoms with van der Waals surface area (Å²) in [6.45, 7) is 6.39. The van der Waals surface area contributed by atoms with Gasteiger partial charge in [0.05, 0.1) is 10.9 Å². The summed E-state index contributed by atoms with van der Waals surface area (Å²) >= 11 is 1.55. The largest absolute Gasteiger partial charge is 0.454 e. The maximum absolute atomic E-state index is 12.4. The molecule has 3 rings (SSSR count). The number of carbonyl (C=O) groups is 1. The molecule has 0 spiro atoms. The van der Waals surface area contributed by atoms with E-state index in [2.05, 4.69) is 19.2 Å². The van der Waals surface area contributed by atoms with Crippen LogP contribution in [0.15, 0.2) is 24.3 Å². The fourth-order valence-corrected chi connectivity index (χ4v) is 3.53. The van der Waals surface area contributed by atoms with Crippen LogP contribution in [-0.4, -0.2) is 12.7 Å². The molecule has 0 fully saturated rings. The maximum Gasteiger partial charge on any atom is 0.261 e. The number of carbonyl (C=O) groups excluding carboxylic acids is 1. The predicted molar refractivity (Wildman–Crippen MR) is 86.9 cm³/mol. The molecule has 0 bridgehead atoms. The Morgan fingerprint density at radius 2 is 2.09 bits per heavy atom. The summed E-state index contributed by atoms with van der Waals surface area (Å²) in [5.41, 5.74) is 2.24. The van der Waals surface area contributed by atoms with Crippen LogP contribution >= 0.6 is 11.3 Å². The number of benzene rings is 1. The first-order valence-electron chi connectivity index (χ1n) is 7.38. The lowest BCUT2D eigenvalue weighted by molar-refractivity contribution is 0.0944. The fourth-order valence-electron chi connectivity index (χ4n) is 2.52. The van der Waals surface area contributed by atoms with Crippen molar-refractivity contribution in [3.8, 4) is 11.5 Å². The molecule has 5 heteroatoms. The lowest BCUT2D eigenvalue weighted by Crippen LogP contribution is -2.25. The maximum atomic E-state index is 12.4. The van der Waals surface area contributed by atoms with Crippen molar-refractivity contribution < 1.29 is 14.3 Å². The second-order valence-corrected chi connectivity index (χ2v) is 6.61. The molecule has 4 nitrogen and oxygen atoms in total. The van der Waals surface area contributed by atoms with Gasteiger partial charge >= 0.3 is 0 Å². The number of thiophene rings is 1. The van der Waals surface area contributed by atoms with Crippen LogP contribution in [0, 0.1) is 6.92 Å². The van der Waals surface area contributed by atoms with Crippen molar-refractivity contribution in [2.45, 2.75) is 33.2 Å². The van der Waals surface area contributed by atoms with Gasteiger partial charge in [-0.15, -0.1) is 11.3 Å². The first-order chi connectivity index (χ1) is 10.6. The number of fused-ring (bicyclic) bond motifs is 1. The van der Waals surface area contributed by atoms with Gasteiger partial charge in [0.25, 0.3) is 5.91 Å². The molecule has 0 saturated carbocycles. The minimum Gasteiger partial charge on any atom is -0.454 e. The first kappa shape index (κ1) is 14.9. The van der Waals surface area contributed by atoms with Gasteiger partial charge in [-0.25, -0.2) is 0 Å². The van der Waals surface area contributed by atoms with E-state index < -0.39 is 0 Å². The molecule has 1 N–H and O–H groups in total. The second-order valence-electron chi connectivity index (χ2n) is 5.35. The van der Waals surface area contributed by atoms with Crippen LogP contribution in [0.5, 0.6) is 11.5 Å². The molecule has 1 amide bonds. The molecule has 1 aliphatic heterocycles. The highest BCUT2D eigenvalue weighted by Gasteiger charge is 2.18. The molecule has 0 unspecified atom stereocenters. The Kier molecular flexibility index (Phi) is 4.07. The van der Waals surface area contributed by atoms with E-state index in [1.54, 1.807) is 11.3 Å². The molecule has 0 aliphatic carbocycles. The van der Waals surface area contributed by atoms with E-state index in [9.17, 15) is 4.79 Å². The van der Waals surface area contributed by atoms with Gasteiger partial charge in [-0.1, -0.05) is 13.0 Å². The van der Waals surface area contributed by atoms with Crippen LogP contribution in [0.1, 0.15) is 45.6 Å². The molecule has 1 atom stereocenters. The number of rotatable bonds is 4. The normalized spacial score (nSPS) is 14.0. The number of ether oxygens (including phenoxy) is 2.